The van der Waals surface area contributed by atoms with Crippen molar-refractivity contribution in [2.75, 3.05) is 4.90 Å². The smallest absolute Gasteiger partial charge is 0.132 e. The molecule has 1 heterocycles. The van der Waals surface area contributed by atoms with Crippen LogP contribution < -0.4 is 9.64 Å². The molecule has 1 aliphatic heterocycles. The molecule has 0 unspecified atom stereocenters. The molecule has 0 atom stereocenters. The highest BCUT2D eigenvalue weighted by molar-refractivity contribution is 6.09. The molecule has 0 amide bonds. The summed E-state index contributed by atoms with van der Waals surface area (Å²) in [6.07, 6.45) is 0. The molecule has 0 saturated heterocycles. The first-order valence-electron chi connectivity index (χ1n) is 24.5. The van der Waals surface area contributed by atoms with E-state index < -0.39 is 5.41 Å². The summed E-state index contributed by atoms with van der Waals surface area (Å²) in [6, 6.07) is 99.7. The quantitative estimate of drug-likeness (QED) is 0.148. The van der Waals surface area contributed by atoms with Gasteiger partial charge in [-0.1, -0.05) is 224 Å². The Morgan fingerprint density at radius 2 is 0.775 bits per heavy atom. The zero-order chi connectivity index (χ0) is 46.9. The molecule has 2 heteroatoms. The Morgan fingerprint density at radius 3 is 1.52 bits per heavy atom. The van der Waals surface area contributed by atoms with E-state index in [1.165, 1.54) is 88.3 Å². The van der Waals surface area contributed by atoms with Gasteiger partial charge < -0.3 is 9.64 Å². The van der Waals surface area contributed by atoms with Crippen molar-refractivity contribution in [1.82, 2.24) is 0 Å². The van der Waals surface area contributed by atoms with Crippen molar-refractivity contribution in [1.29, 1.82) is 0 Å². The predicted octanol–water partition coefficient (Wildman–Crippen LogP) is 18.6. The molecule has 0 N–H and O–H groups in total. The normalized spacial score (nSPS) is 12.7. The number of ether oxygens (including phenoxy) is 1. The zero-order valence-corrected chi connectivity index (χ0v) is 38.8. The molecule has 1 aliphatic carbocycles. The molecule has 0 saturated carbocycles. The Bertz CT molecular complexity index is 3990. The van der Waals surface area contributed by atoms with Gasteiger partial charge in [-0.2, -0.15) is 0 Å². The van der Waals surface area contributed by atoms with Crippen LogP contribution in [0.5, 0.6) is 11.5 Å². The molecule has 71 heavy (non-hydrogen) atoms. The number of hydrogen-bond donors (Lipinski definition) is 0. The van der Waals surface area contributed by atoms with Crippen molar-refractivity contribution in [3.05, 3.63) is 295 Å². The Balaban J connectivity index is 0.934. The topological polar surface area (TPSA) is 12.5 Å². The summed E-state index contributed by atoms with van der Waals surface area (Å²) >= 11 is 0. The highest BCUT2D eigenvalue weighted by Gasteiger charge is 2.51. The maximum Gasteiger partial charge on any atom is 0.132 e. The summed E-state index contributed by atoms with van der Waals surface area (Å²) in [4.78, 5) is 2.44. The van der Waals surface area contributed by atoms with Crippen LogP contribution in [0.1, 0.15) is 22.3 Å². The van der Waals surface area contributed by atoms with Gasteiger partial charge in [0.15, 0.2) is 0 Å². The van der Waals surface area contributed by atoms with Crippen molar-refractivity contribution in [3.8, 4) is 67.1 Å². The summed E-state index contributed by atoms with van der Waals surface area (Å²) in [7, 11) is 0. The van der Waals surface area contributed by atoms with Crippen LogP contribution in [0.3, 0.4) is 0 Å². The Kier molecular flexibility index (Phi) is 9.47. The lowest BCUT2D eigenvalue weighted by atomic mass is 9.66. The fourth-order valence-corrected chi connectivity index (χ4v) is 11.8. The molecule has 12 aromatic rings. The molecule has 2 aliphatic rings. The van der Waals surface area contributed by atoms with Gasteiger partial charge in [-0.05, 0) is 131 Å². The first-order chi connectivity index (χ1) is 35.2. The number of para-hydroxylation sites is 3. The van der Waals surface area contributed by atoms with Crippen LogP contribution in [0.2, 0.25) is 0 Å². The summed E-state index contributed by atoms with van der Waals surface area (Å²) in [5.74, 6) is 1.79. The minimum absolute atomic E-state index is 0.535. The molecule has 12 aromatic carbocycles. The number of fused-ring (bicyclic) bond motifs is 12. The van der Waals surface area contributed by atoms with Crippen LogP contribution in [0.25, 0.3) is 77.2 Å². The maximum atomic E-state index is 6.64. The van der Waals surface area contributed by atoms with Gasteiger partial charge >= 0.3 is 0 Å². The zero-order valence-electron chi connectivity index (χ0n) is 38.8. The van der Waals surface area contributed by atoms with Crippen molar-refractivity contribution >= 4 is 38.6 Å². The highest BCUT2D eigenvalue weighted by Crippen LogP contribution is 2.62. The first kappa shape index (κ1) is 40.8. The lowest BCUT2D eigenvalue weighted by Gasteiger charge is -2.39. The molecule has 0 bridgehead atoms. The lowest BCUT2D eigenvalue weighted by Crippen LogP contribution is -2.32. The molecule has 0 radical (unpaired) electrons. The van der Waals surface area contributed by atoms with Crippen molar-refractivity contribution < 1.29 is 4.74 Å². The van der Waals surface area contributed by atoms with Crippen molar-refractivity contribution in [2.24, 2.45) is 0 Å². The molecule has 0 aromatic heterocycles. The van der Waals surface area contributed by atoms with Crippen LogP contribution >= 0.6 is 0 Å². The standard InChI is InChI=1S/C69H45NO/c1-2-18-47(19-3-1)54-22-6-7-23-56(54)57-24-8-9-25-58(57)61-27-11-15-31-66(61)70(52-41-43-55-50(44-52)35-34-48-20-4-5-21-53(48)55)51-39-36-46(37-40-51)49-38-42-60-59-26-10-12-28-62(59)69(65(60)45-49)63-29-13-16-32-67(63)71-68-33-17-14-30-64(68)69/h1-45H. The lowest BCUT2D eigenvalue weighted by molar-refractivity contribution is 0.436. The van der Waals surface area contributed by atoms with Gasteiger partial charge in [0.1, 0.15) is 11.5 Å². The van der Waals surface area contributed by atoms with Crippen LogP contribution in [0.15, 0.2) is 273 Å². The average molecular weight is 904 g/mol. The second-order valence-corrected chi connectivity index (χ2v) is 18.7. The van der Waals surface area contributed by atoms with Crippen molar-refractivity contribution in [2.45, 2.75) is 5.41 Å². The van der Waals surface area contributed by atoms with E-state index in [2.05, 4.69) is 278 Å². The van der Waals surface area contributed by atoms with Gasteiger partial charge in [-0.15, -0.1) is 0 Å². The number of rotatable bonds is 7. The minimum Gasteiger partial charge on any atom is -0.457 e. The molecule has 1 spiro atoms. The molecule has 14 rings (SSSR count). The van der Waals surface area contributed by atoms with E-state index in [0.717, 1.165) is 39.7 Å². The molecular weight excluding hydrogens is 859 g/mol. The van der Waals surface area contributed by atoms with E-state index in [1.807, 2.05) is 0 Å². The molecule has 332 valence electrons. The molecule has 2 nitrogen and oxygen atoms in total. The van der Waals surface area contributed by atoms with E-state index in [-0.39, 0.29) is 0 Å². The third-order valence-corrected chi connectivity index (χ3v) is 15.0. The second kappa shape index (κ2) is 16.5. The van der Waals surface area contributed by atoms with Crippen molar-refractivity contribution in [3.63, 3.8) is 0 Å². The van der Waals surface area contributed by atoms with E-state index in [4.69, 9.17) is 4.74 Å². The van der Waals surface area contributed by atoms with E-state index in [1.54, 1.807) is 0 Å². The summed E-state index contributed by atoms with van der Waals surface area (Å²) in [6.45, 7) is 0. The third kappa shape index (κ3) is 6.42. The van der Waals surface area contributed by atoms with Gasteiger partial charge in [-0.3, -0.25) is 0 Å². The van der Waals surface area contributed by atoms with Crippen LogP contribution in [0.4, 0.5) is 17.1 Å². The maximum absolute atomic E-state index is 6.64. The fraction of sp³-hybridized carbons (Fsp3) is 0.0145. The fourth-order valence-electron chi connectivity index (χ4n) is 11.8. The van der Waals surface area contributed by atoms with Gasteiger partial charge in [-0.25, -0.2) is 0 Å². The van der Waals surface area contributed by atoms with Gasteiger partial charge in [0, 0.05) is 28.1 Å². The summed E-state index contributed by atoms with van der Waals surface area (Å²) in [5, 5.41) is 4.93. The number of hydrogen-bond acceptors (Lipinski definition) is 2. The van der Waals surface area contributed by atoms with E-state index in [0.29, 0.717) is 0 Å². The monoisotopic (exact) mass is 903 g/mol. The average Bonchev–Trinajstić information content (AvgIpc) is 3.73. The molecule has 0 fully saturated rings. The molecular formula is C69H45NO. The number of anilines is 3. The third-order valence-electron chi connectivity index (χ3n) is 15.0. The minimum atomic E-state index is -0.535. The second-order valence-electron chi connectivity index (χ2n) is 18.7. The van der Waals surface area contributed by atoms with Crippen LogP contribution in [-0.2, 0) is 5.41 Å². The Hall–Kier alpha value is -9.24. The Labute approximate surface area is 414 Å². The van der Waals surface area contributed by atoms with Crippen LogP contribution in [-0.4, -0.2) is 0 Å². The first-order valence-corrected chi connectivity index (χ1v) is 24.5. The number of benzene rings is 12. The van der Waals surface area contributed by atoms with E-state index in [9.17, 15) is 0 Å². The Morgan fingerprint density at radius 1 is 0.268 bits per heavy atom. The van der Waals surface area contributed by atoms with Gasteiger partial charge in [0.05, 0.1) is 11.1 Å². The SMILES string of the molecule is c1ccc(-c2ccccc2-c2ccccc2-c2ccccc2N(c2ccc(-c3ccc4c(c3)C3(c5ccccc5Oc5ccccc53)c3ccccc3-4)cc2)c2ccc3c(ccc4ccccc43)c2)cc1. The summed E-state index contributed by atoms with van der Waals surface area (Å²) in [5.41, 5.74) is 19.6. The highest BCUT2D eigenvalue weighted by atomic mass is 16.5. The summed E-state index contributed by atoms with van der Waals surface area (Å²) < 4.78 is 6.64. The number of nitrogens with zero attached hydrogens (tertiary/aromatic N) is 1. The van der Waals surface area contributed by atoms with Crippen LogP contribution in [0, 0.1) is 0 Å². The van der Waals surface area contributed by atoms with Gasteiger partial charge in [0.25, 0.3) is 0 Å². The largest absolute Gasteiger partial charge is 0.457 e. The van der Waals surface area contributed by atoms with E-state index >= 15 is 0 Å². The van der Waals surface area contributed by atoms with Gasteiger partial charge in [0.2, 0.25) is 0 Å². The predicted molar refractivity (Wildman–Crippen MR) is 295 cm³/mol.